The lowest BCUT2D eigenvalue weighted by atomic mass is 10.0. The number of allylic oxidation sites excluding steroid dienone is 1. The predicted molar refractivity (Wildman–Crippen MR) is 79.2 cm³/mol. The third kappa shape index (κ3) is 2.86. The number of alkyl halides is 1. The zero-order chi connectivity index (χ0) is 12.3. The number of hydrogen-bond donors (Lipinski definition) is 0. The molecule has 0 amide bonds. The van der Waals surface area contributed by atoms with Gasteiger partial charge in [0.15, 0.2) is 0 Å². The average molecular weight is 287 g/mol. The van der Waals surface area contributed by atoms with Gasteiger partial charge in [-0.15, -0.1) is 0 Å². The van der Waals surface area contributed by atoms with Crippen LogP contribution in [0.1, 0.15) is 18.1 Å². The van der Waals surface area contributed by atoms with Crippen molar-refractivity contribution in [3.63, 3.8) is 0 Å². The van der Waals surface area contributed by atoms with Crippen molar-refractivity contribution in [1.29, 1.82) is 0 Å². The van der Waals surface area contributed by atoms with E-state index in [0.29, 0.717) is 0 Å². The van der Waals surface area contributed by atoms with Crippen LogP contribution in [0.3, 0.4) is 0 Å². The molecule has 86 valence electrons. The Bertz CT molecular complexity index is 506. The van der Waals surface area contributed by atoms with Crippen LogP contribution in [0.4, 0.5) is 0 Å². The summed E-state index contributed by atoms with van der Waals surface area (Å²) >= 11 is 3.45. The van der Waals surface area contributed by atoms with E-state index in [1.807, 2.05) is 6.92 Å². The van der Waals surface area contributed by atoms with E-state index in [9.17, 15) is 0 Å². The Morgan fingerprint density at radius 1 is 0.941 bits per heavy atom. The number of benzene rings is 2. The molecule has 0 unspecified atom stereocenters. The van der Waals surface area contributed by atoms with Gasteiger partial charge in [0.05, 0.1) is 0 Å². The molecule has 1 heteroatoms. The quantitative estimate of drug-likeness (QED) is 0.673. The molecule has 0 saturated carbocycles. The summed E-state index contributed by atoms with van der Waals surface area (Å²) in [7, 11) is 0. The zero-order valence-electron chi connectivity index (χ0n) is 9.91. The van der Waals surface area contributed by atoms with E-state index in [4.69, 9.17) is 0 Å². The van der Waals surface area contributed by atoms with Gasteiger partial charge in [0.1, 0.15) is 0 Å². The van der Waals surface area contributed by atoms with Crippen molar-refractivity contribution in [3.8, 4) is 11.1 Å². The maximum absolute atomic E-state index is 3.95. The third-order valence-electron chi connectivity index (χ3n) is 2.82. The fourth-order valence-electron chi connectivity index (χ4n) is 1.73. The average Bonchev–Trinajstić information content (AvgIpc) is 2.39. The first-order chi connectivity index (χ1) is 8.20. The van der Waals surface area contributed by atoms with Gasteiger partial charge < -0.3 is 0 Å². The van der Waals surface area contributed by atoms with Crippen molar-refractivity contribution >= 4 is 21.5 Å². The largest absolute Gasteiger partial charge is 0.0955 e. The SMILES string of the molecule is C=C(C)c1ccc(-c2ccc(CBr)cc2)cc1. The second-order valence-corrected chi connectivity index (χ2v) is 4.75. The van der Waals surface area contributed by atoms with Crippen LogP contribution in [-0.4, -0.2) is 0 Å². The van der Waals surface area contributed by atoms with Gasteiger partial charge in [-0.1, -0.05) is 76.6 Å². The van der Waals surface area contributed by atoms with Gasteiger partial charge in [-0.05, 0) is 29.2 Å². The van der Waals surface area contributed by atoms with E-state index in [1.165, 1.54) is 22.3 Å². The van der Waals surface area contributed by atoms with Gasteiger partial charge in [-0.3, -0.25) is 0 Å². The fraction of sp³-hybridized carbons (Fsp3) is 0.125. The molecular formula is C16H15Br. The van der Waals surface area contributed by atoms with Crippen LogP contribution in [0.2, 0.25) is 0 Å². The van der Waals surface area contributed by atoms with Crippen LogP contribution in [0.15, 0.2) is 55.1 Å². The Morgan fingerprint density at radius 2 is 1.41 bits per heavy atom. The molecule has 0 spiro atoms. The first-order valence-corrected chi connectivity index (χ1v) is 6.74. The lowest BCUT2D eigenvalue weighted by molar-refractivity contribution is 1.43. The highest BCUT2D eigenvalue weighted by molar-refractivity contribution is 9.08. The van der Waals surface area contributed by atoms with Crippen LogP contribution in [0.5, 0.6) is 0 Å². The Hall–Kier alpha value is -1.34. The van der Waals surface area contributed by atoms with E-state index in [-0.39, 0.29) is 0 Å². The molecule has 0 heterocycles. The molecule has 0 aliphatic heterocycles. The minimum atomic E-state index is 0.905. The van der Waals surface area contributed by atoms with E-state index in [2.05, 4.69) is 71.0 Å². The highest BCUT2D eigenvalue weighted by Gasteiger charge is 1.98. The summed E-state index contributed by atoms with van der Waals surface area (Å²) in [4.78, 5) is 0. The van der Waals surface area contributed by atoms with Crippen molar-refractivity contribution < 1.29 is 0 Å². The molecule has 2 rings (SSSR count). The Kier molecular flexibility index (Phi) is 3.80. The molecule has 0 N–H and O–H groups in total. The van der Waals surface area contributed by atoms with Crippen LogP contribution in [-0.2, 0) is 5.33 Å². The fourth-order valence-corrected chi connectivity index (χ4v) is 2.11. The van der Waals surface area contributed by atoms with Crippen molar-refractivity contribution in [1.82, 2.24) is 0 Å². The highest BCUT2D eigenvalue weighted by Crippen LogP contribution is 2.22. The van der Waals surface area contributed by atoms with E-state index >= 15 is 0 Å². The smallest absolute Gasteiger partial charge is 0.0283 e. The molecule has 17 heavy (non-hydrogen) atoms. The monoisotopic (exact) mass is 286 g/mol. The molecule has 0 saturated heterocycles. The topological polar surface area (TPSA) is 0 Å². The maximum atomic E-state index is 3.95. The molecule has 0 atom stereocenters. The number of halogens is 1. The standard InChI is InChI=1S/C16H15Br/c1-12(2)14-7-9-16(10-8-14)15-5-3-13(11-17)4-6-15/h3-10H,1,11H2,2H3. The Balaban J connectivity index is 2.29. The maximum Gasteiger partial charge on any atom is 0.0283 e. The lowest BCUT2D eigenvalue weighted by Gasteiger charge is -2.05. The Morgan fingerprint density at radius 3 is 1.82 bits per heavy atom. The Labute approximate surface area is 111 Å². The minimum Gasteiger partial charge on any atom is -0.0955 e. The molecule has 0 aromatic heterocycles. The summed E-state index contributed by atoms with van der Waals surface area (Å²) in [5.41, 5.74) is 6.10. The normalized spacial score (nSPS) is 10.2. The molecule has 0 aliphatic rings. The van der Waals surface area contributed by atoms with Gasteiger partial charge in [-0.25, -0.2) is 0 Å². The summed E-state index contributed by atoms with van der Waals surface area (Å²) in [5, 5.41) is 0.905. The summed E-state index contributed by atoms with van der Waals surface area (Å²) in [5.74, 6) is 0. The van der Waals surface area contributed by atoms with Gasteiger partial charge in [0, 0.05) is 5.33 Å². The van der Waals surface area contributed by atoms with Crippen LogP contribution >= 0.6 is 15.9 Å². The molecule has 0 nitrogen and oxygen atoms in total. The van der Waals surface area contributed by atoms with Crippen LogP contribution < -0.4 is 0 Å². The second-order valence-electron chi connectivity index (χ2n) is 4.19. The lowest BCUT2D eigenvalue weighted by Crippen LogP contribution is -1.82. The molecule has 2 aromatic rings. The summed E-state index contributed by atoms with van der Waals surface area (Å²) in [6, 6.07) is 17.2. The van der Waals surface area contributed by atoms with Crippen LogP contribution in [0.25, 0.3) is 16.7 Å². The van der Waals surface area contributed by atoms with E-state index < -0.39 is 0 Å². The molecule has 0 radical (unpaired) electrons. The van der Waals surface area contributed by atoms with Crippen molar-refractivity contribution in [2.75, 3.05) is 0 Å². The van der Waals surface area contributed by atoms with Crippen molar-refractivity contribution in [3.05, 3.63) is 66.2 Å². The molecule has 0 aliphatic carbocycles. The zero-order valence-corrected chi connectivity index (χ0v) is 11.5. The van der Waals surface area contributed by atoms with Gasteiger partial charge in [0.25, 0.3) is 0 Å². The highest BCUT2D eigenvalue weighted by atomic mass is 79.9. The summed E-state index contributed by atoms with van der Waals surface area (Å²) in [6.45, 7) is 5.97. The first-order valence-electron chi connectivity index (χ1n) is 5.62. The number of rotatable bonds is 3. The van der Waals surface area contributed by atoms with Crippen molar-refractivity contribution in [2.24, 2.45) is 0 Å². The minimum absolute atomic E-state index is 0.905. The number of hydrogen-bond acceptors (Lipinski definition) is 0. The second kappa shape index (κ2) is 5.33. The summed E-state index contributed by atoms with van der Waals surface area (Å²) < 4.78 is 0. The molecule has 2 aromatic carbocycles. The molecule has 0 bridgehead atoms. The van der Waals surface area contributed by atoms with E-state index in [0.717, 1.165) is 10.9 Å². The molecular weight excluding hydrogens is 272 g/mol. The first kappa shape index (κ1) is 12.1. The molecule has 0 fully saturated rings. The van der Waals surface area contributed by atoms with Crippen molar-refractivity contribution in [2.45, 2.75) is 12.3 Å². The van der Waals surface area contributed by atoms with Crippen LogP contribution in [0, 0.1) is 0 Å². The van der Waals surface area contributed by atoms with E-state index in [1.54, 1.807) is 0 Å². The summed E-state index contributed by atoms with van der Waals surface area (Å²) in [6.07, 6.45) is 0. The van der Waals surface area contributed by atoms with Gasteiger partial charge in [-0.2, -0.15) is 0 Å². The van der Waals surface area contributed by atoms with Gasteiger partial charge >= 0.3 is 0 Å². The predicted octanol–water partition coefficient (Wildman–Crippen LogP) is 5.28. The third-order valence-corrected chi connectivity index (χ3v) is 3.47. The van der Waals surface area contributed by atoms with Gasteiger partial charge in [0.2, 0.25) is 0 Å².